The Bertz CT molecular complexity index is 994. The maximum absolute atomic E-state index is 13.5. The summed E-state index contributed by atoms with van der Waals surface area (Å²) in [7, 11) is 1.55. The molecule has 0 bridgehead atoms. The van der Waals surface area contributed by atoms with Gasteiger partial charge in [-0.25, -0.2) is 9.40 Å². The number of hydrogen-bond donors (Lipinski definition) is 0. The van der Waals surface area contributed by atoms with Gasteiger partial charge in [0.05, 0.1) is 18.4 Å². The van der Waals surface area contributed by atoms with Crippen LogP contribution in [0.5, 0.6) is 0 Å². The van der Waals surface area contributed by atoms with Crippen molar-refractivity contribution >= 4 is 29.1 Å². The van der Waals surface area contributed by atoms with Gasteiger partial charge in [0.2, 0.25) is 5.91 Å². The van der Waals surface area contributed by atoms with E-state index in [1.807, 2.05) is 18.2 Å². The average molecular weight is 460 g/mol. The molecule has 1 heterocycles. The minimum atomic E-state index is -0.423. The van der Waals surface area contributed by atoms with Crippen LogP contribution in [0.1, 0.15) is 37.4 Å². The van der Waals surface area contributed by atoms with E-state index in [0.717, 1.165) is 11.1 Å². The van der Waals surface area contributed by atoms with Gasteiger partial charge in [-0.1, -0.05) is 55.8 Å². The quantitative estimate of drug-likeness (QED) is 0.591. The molecule has 0 spiro atoms. The molecule has 8 heteroatoms. The predicted molar refractivity (Wildman–Crippen MR) is 122 cm³/mol. The Morgan fingerprint density at radius 3 is 2.53 bits per heavy atom. The Kier molecular flexibility index (Phi) is 7.99. The molecule has 3 rings (SSSR count). The first kappa shape index (κ1) is 23.9. The molecule has 2 aromatic carbocycles. The Balaban J connectivity index is 1.91. The topological polar surface area (TPSA) is 62.2 Å². The number of hydrazone groups is 1. The van der Waals surface area contributed by atoms with Crippen molar-refractivity contribution in [2.45, 2.75) is 26.3 Å². The predicted octanol–water partition coefficient (Wildman–Crippen LogP) is 4.29. The summed E-state index contributed by atoms with van der Waals surface area (Å²) >= 11 is 6.36. The zero-order valence-electron chi connectivity index (χ0n) is 18.4. The van der Waals surface area contributed by atoms with Crippen LogP contribution in [0.3, 0.4) is 0 Å². The highest BCUT2D eigenvalue weighted by Gasteiger charge is 2.35. The van der Waals surface area contributed by atoms with Crippen LogP contribution >= 0.6 is 11.6 Å². The molecule has 1 atom stereocenters. The fourth-order valence-corrected chi connectivity index (χ4v) is 3.86. The van der Waals surface area contributed by atoms with Crippen LogP contribution in [0.15, 0.2) is 53.6 Å². The van der Waals surface area contributed by atoms with Crippen LogP contribution in [0, 0.1) is 11.7 Å². The number of benzene rings is 2. The van der Waals surface area contributed by atoms with Crippen LogP contribution in [0.2, 0.25) is 5.02 Å². The van der Waals surface area contributed by atoms with E-state index in [2.05, 4.69) is 5.10 Å². The van der Waals surface area contributed by atoms with Gasteiger partial charge in [-0.2, -0.15) is 5.10 Å². The highest BCUT2D eigenvalue weighted by molar-refractivity contribution is 6.34. The minimum Gasteiger partial charge on any atom is -0.383 e. The molecule has 32 heavy (non-hydrogen) atoms. The van der Waals surface area contributed by atoms with E-state index >= 15 is 0 Å². The molecular formula is C24H27ClFN3O3. The van der Waals surface area contributed by atoms with Gasteiger partial charge in [0, 0.05) is 36.6 Å². The van der Waals surface area contributed by atoms with Crippen LogP contribution in [0.4, 0.5) is 4.39 Å². The molecule has 0 saturated carbocycles. The van der Waals surface area contributed by atoms with Gasteiger partial charge >= 0.3 is 0 Å². The number of halogens is 2. The van der Waals surface area contributed by atoms with Crippen LogP contribution in [0.25, 0.3) is 0 Å². The largest absolute Gasteiger partial charge is 0.383 e. The third-order valence-corrected chi connectivity index (χ3v) is 5.63. The van der Waals surface area contributed by atoms with Crippen LogP contribution in [-0.4, -0.2) is 54.2 Å². The lowest BCUT2D eigenvalue weighted by molar-refractivity contribution is -0.143. The summed E-state index contributed by atoms with van der Waals surface area (Å²) in [5, 5.41) is 6.52. The zero-order chi connectivity index (χ0) is 23.3. The maximum atomic E-state index is 13.5. The lowest BCUT2D eigenvalue weighted by Gasteiger charge is -2.28. The summed E-state index contributed by atoms with van der Waals surface area (Å²) in [6.07, 6.45) is 0.428. The summed E-state index contributed by atoms with van der Waals surface area (Å²) in [6, 6.07) is 12.9. The van der Waals surface area contributed by atoms with Crippen LogP contribution in [-0.2, 0) is 14.3 Å². The first-order chi connectivity index (χ1) is 15.3. The monoisotopic (exact) mass is 459 g/mol. The normalized spacial score (nSPS) is 15.8. The fraction of sp³-hybridized carbons (Fsp3) is 0.375. The molecule has 1 aliphatic heterocycles. The van der Waals surface area contributed by atoms with Gasteiger partial charge in [-0.15, -0.1) is 0 Å². The SMILES string of the molecule is COCCN(CC(=O)N1N=C(c2ccccc2Cl)C[C@H]1c1ccc(F)cc1)C(=O)C(C)C. The summed E-state index contributed by atoms with van der Waals surface area (Å²) in [5.74, 6) is -1.08. The molecule has 0 aromatic heterocycles. The number of carbonyl (C=O) groups excluding carboxylic acids is 2. The molecule has 0 fully saturated rings. The molecule has 0 radical (unpaired) electrons. The van der Waals surface area contributed by atoms with E-state index in [9.17, 15) is 14.0 Å². The van der Waals surface area contributed by atoms with E-state index in [-0.39, 0.29) is 30.1 Å². The fourth-order valence-electron chi connectivity index (χ4n) is 3.61. The second kappa shape index (κ2) is 10.7. The Morgan fingerprint density at radius 2 is 1.91 bits per heavy atom. The molecule has 6 nitrogen and oxygen atoms in total. The number of carbonyl (C=O) groups is 2. The standard InChI is InChI=1S/C24H27ClFN3O3/c1-16(2)24(31)28(12-13-32-3)15-23(30)29-22(17-8-10-18(26)11-9-17)14-21(27-29)19-6-4-5-7-20(19)25/h4-11,16,22H,12-15H2,1-3H3/t22-/m0/s1. The van der Waals surface area contributed by atoms with Crippen molar-refractivity contribution in [1.82, 2.24) is 9.91 Å². The van der Waals surface area contributed by atoms with E-state index in [4.69, 9.17) is 16.3 Å². The third kappa shape index (κ3) is 5.53. The van der Waals surface area contributed by atoms with Gasteiger partial charge in [-0.05, 0) is 23.8 Å². The van der Waals surface area contributed by atoms with Gasteiger partial charge < -0.3 is 9.64 Å². The van der Waals surface area contributed by atoms with Crippen molar-refractivity contribution in [3.63, 3.8) is 0 Å². The van der Waals surface area contributed by atoms with E-state index in [0.29, 0.717) is 30.3 Å². The number of nitrogens with zero attached hydrogens (tertiary/aromatic N) is 3. The lowest BCUT2D eigenvalue weighted by Crippen LogP contribution is -2.44. The van der Waals surface area contributed by atoms with E-state index < -0.39 is 6.04 Å². The molecule has 170 valence electrons. The Labute approximate surface area is 192 Å². The van der Waals surface area contributed by atoms with Crippen molar-refractivity contribution < 1.29 is 18.7 Å². The second-order valence-corrected chi connectivity index (χ2v) is 8.35. The number of methoxy groups -OCH3 is 1. The summed E-state index contributed by atoms with van der Waals surface area (Å²) in [5.41, 5.74) is 2.16. The first-order valence-corrected chi connectivity index (χ1v) is 10.9. The van der Waals surface area contributed by atoms with Crippen molar-refractivity contribution in [2.75, 3.05) is 26.8 Å². The maximum Gasteiger partial charge on any atom is 0.262 e. The zero-order valence-corrected chi connectivity index (χ0v) is 19.2. The van der Waals surface area contributed by atoms with Crippen molar-refractivity contribution in [2.24, 2.45) is 11.0 Å². The van der Waals surface area contributed by atoms with Crippen molar-refractivity contribution in [3.05, 3.63) is 70.5 Å². The van der Waals surface area contributed by atoms with Gasteiger partial charge in [-0.3, -0.25) is 9.59 Å². The molecule has 2 amide bonds. The van der Waals surface area contributed by atoms with Gasteiger partial charge in [0.15, 0.2) is 0 Å². The summed E-state index contributed by atoms with van der Waals surface area (Å²) in [4.78, 5) is 27.4. The highest BCUT2D eigenvalue weighted by Crippen LogP contribution is 2.34. The Morgan fingerprint density at radius 1 is 1.22 bits per heavy atom. The van der Waals surface area contributed by atoms with Crippen molar-refractivity contribution in [1.29, 1.82) is 0 Å². The number of hydrogen-bond acceptors (Lipinski definition) is 4. The summed E-state index contributed by atoms with van der Waals surface area (Å²) < 4.78 is 18.6. The van der Waals surface area contributed by atoms with Crippen LogP contribution < -0.4 is 0 Å². The molecule has 0 aliphatic carbocycles. The molecule has 1 aliphatic rings. The Hall–Kier alpha value is -2.77. The van der Waals surface area contributed by atoms with Crippen molar-refractivity contribution in [3.8, 4) is 0 Å². The lowest BCUT2D eigenvalue weighted by atomic mass is 9.98. The average Bonchev–Trinajstić information content (AvgIpc) is 3.22. The molecule has 0 unspecified atom stereocenters. The highest BCUT2D eigenvalue weighted by atomic mass is 35.5. The minimum absolute atomic E-state index is 0.128. The molecule has 0 N–H and O–H groups in total. The number of ether oxygens (including phenoxy) is 1. The smallest absolute Gasteiger partial charge is 0.262 e. The molecule has 2 aromatic rings. The number of amides is 2. The van der Waals surface area contributed by atoms with E-state index in [1.165, 1.54) is 22.0 Å². The van der Waals surface area contributed by atoms with Gasteiger partial charge in [0.1, 0.15) is 12.4 Å². The molecular weight excluding hydrogens is 433 g/mol. The van der Waals surface area contributed by atoms with Gasteiger partial charge in [0.25, 0.3) is 5.91 Å². The summed E-state index contributed by atoms with van der Waals surface area (Å²) in [6.45, 7) is 4.07. The molecule has 0 saturated heterocycles. The van der Waals surface area contributed by atoms with E-state index in [1.54, 1.807) is 39.2 Å². The third-order valence-electron chi connectivity index (χ3n) is 5.30. The second-order valence-electron chi connectivity index (χ2n) is 7.94. The number of rotatable bonds is 8. The first-order valence-electron chi connectivity index (χ1n) is 10.5.